The summed E-state index contributed by atoms with van der Waals surface area (Å²) in [6, 6.07) is 19.0. The van der Waals surface area contributed by atoms with Crippen LogP contribution in [0.25, 0.3) is 21.9 Å². The number of rotatable bonds is 5. The van der Waals surface area contributed by atoms with Gasteiger partial charge < -0.3 is 5.32 Å². The van der Waals surface area contributed by atoms with E-state index in [0.717, 1.165) is 16.2 Å². The Balaban J connectivity index is 1.49. The standard InChI is InChI=1S/C22H18N6OS/c1-15(21-25-24-19-11-5-6-12-27(19)21)23-22(29)17-14-28(16-8-3-2-4-9-16)26-20(17)18-10-7-13-30-18/h2-15H,1H3,(H,23,29). The van der Waals surface area contributed by atoms with Gasteiger partial charge in [-0.1, -0.05) is 30.3 Å². The Bertz CT molecular complexity index is 1310. The molecule has 0 saturated heterocycles. The van der Waals surface area contributed by atoms with Crippen LogP contribution in [-0.2, 0) is 0 Å². The second kappa shape index (κ2) is 7.57. The van der Waals surface area contributed by atoms with Crippen LogP contribution in [0, 0.1) is 0 Å². The molecule has 0 fully saturated rings. The summed E-state index contributed by atoms with van der Waals surface area (Å²) in [7, 11) is 0. The monoisotopic (exact) mass is 414 g/mol. The molecule has 0 aliphatic rings. The minimum atomic E-state index is -0.328. The van der Waals surface area contributed by atoms with E-state index < -0.39 is 0 Å². The third-order valence-electron chi connectivity index (χ3n) is 4.81. The zero-order chi connectivity index (χ0) is 20.5. The molecular formula is C22H18N6OS. The summed E-state index contributed by atoms with van der Waals surface area (Å²) in [6.07, 6.45) is 3.66. The van der Waals surface area contributed by atoms with Gasteiger partial charge >= 0.3 is 0 Å². The molecule has 0 bridgehead atoms. The molecule has 0 saturated carbocycles. The van der Waals surface area contributed by atoms with Gasteiger partial charge in [0.2, 0.25) is 0 Å². The highest BCUT2D eigenvalue weighted by molar-refractivity contribution is 7.13. The first-order valence-electron chi connectivity index (χ1n) is 9.50. The van der Waals surface area contributed by atoms with Gasteiger partial charge in [-0.05, 0) is 42.6 Å². The van der Waals surface area contributed by atoms with E-state index in [0.29, 0.717) is 17.1 Å². The van der Waals surface area contributed by atoms with Crippen molar-refractivity contribution in [2.24, 2.45) is 0 Å². The summed E-state index contributed by atoms with van der Waals surface area (Å²) in [5.41, 5.74) is 2.81. The number of fused-ring (bicyclic) bond motifs is 1. The lowest BCUT2D eigenvalue weighted by Gasteiger charge is -2.12. The van der Waals surface area contributed by atoms with Gasteiger partial charge in [-0.2, -0.15) is 5.10 Å². The topological polar surface area (TPSA) is 77.1 Å². The number of aromatic nitrogens is 5. The van der Waals surface area contributed by atoms with Crippen molar-refractivity contribution in [2.45, 2.75) is 13.0 Å². The maximum atomic E-state index is 13.2. The van der Waals surface area contributed by atoms with E-state index in [9.17, 15) is 4.79 Å². The third kappa shape index (κ3) is 3.27. The van der Waals surface area contributed by atoms with Gasteiger partial charge in [-0.25, -0.2) is 4.68 Å². The van der Waals surface area contributed by atoms with E-state index in [4.69, 9.17) is 5.10 Å². The molecular weight excluding hydrogens is 396 g/mol. The molecule has 1 unspecified atom stereocenters. The fourth-order valence-electron chi connectivity index (χ4n) is 3.34. The lowest BCUT2D eigenvalue weighted by Crippen LogP contribution is -2.28. The first-order valence-corrected chi connectivity index (χ1v) is 10.4. The predicted molar refractivity (Wildman–Crippen MR) is 116 cm³/mol. The highest BCUT2D eigenvalue weighted by atomic mass is 32.1. The summed E-state index contributed by atoms with van der Waals surface area (Å²) in [4.78, 5) is 14.2. The van der Waals surface area contributed by atoms with Crippen LogP contribution in [0.4, 0.5) is 0 Å². The average Bonchev–Trinajstić information content (AvgIpc) is 3.53. The predicted octanol–water partition coefficient (Wildman–Crippen LogP) is 4.13. The fourth-order valence-corrected chi connectivity index (χ4v) is 4.07. The van der Waals surface area contributed by atoms with Gasteiger partial charge in [-0.3, -0.25) is 9.20 Å². The molecule has 1 atom stereocenters. The molecule has 4 heterocycles. The highest BCUT2D eigenvalue weighted by Gasteiger charge is 2.22. The zero-order valence-corrected chi connectivity index (χ0v) is 17.0. The molecule has 30 heavy (non-hydrogen) atoms. The van der Waals surface area contributed by atoms with E-state index in [1.54, 1.807) is 22.2 Å². The minimum absolute atomic E-state index is 0.208. The van der Waals surface area contributed by atoms with Gasteiger partial charge in [0.05, 0.1) is 22.2 Å². The van der Waals surface area contributed by atoms with Crippen LogP contribution in [0.5, 0.6) is 0 Å². The summed E-state index contributed by atoms with van der Waals surface area (Å²) >= 11 is 1.55. The van der Waals surface area contributed by atoms with Gasteiger partial charge in [-0.15, -0.1) is 21.5 Å². The van der Waals surface area contributed by atoms with Crippen LogP contribution in [0.3, 0.4) is 0 Å². The highest BCUT2D eigenvalue weighted by Crippen LogP contribution is 2.28. The van der Waals surface area contributed by atoms with E-state index in [1.165, 1.54) is 0 Å². The van der Waals surface area contributed by atoms with Gasteiger partial charge in [0.1, 0.15) is 5.69 Å². The molecule has 0 radical (unpaired) electrons. The number of para-hydroxylation sites is 1. The van der Waals surface area contributed by atoms with Crippen LogP contribution in [0.15, 0.2) is 78.4 Å². The van der Waals surface area contributed by atoms with Crippen molar-refractivity contribution in [2.75, 3.05) is 0 Å². The summed E-state index contributed by atoms with van der Waals surface area (Å²) in [5, 5.41) is 18.1. The fraction of sp³-hybridized carbons (Fsp3) is 0.0909. The molecule has 4 aromatic heterocycles. The van der Waals surface area contributed by atoms with Crippen LogP contribution < -0.4 is 5.32 Å². The molecule has 7 nitrogen and oxygen atoms in total. The summed E-state index contributed by atoms with van der Waals surface area (Å²) in [5.74, 6) is 0.466. The molecule has 0 spiro atoms. The van der Waals surface area contributed by atoms with E-state index >= 15 is 0 Å². The Morgan fingerprint density at radius 1 is 1.03 bits per heavy atom. The number of nitrogens with zero attached hydrogens (tertiary/aromatic N) is 5. The van der Waals surface area contributed by atoms with E-state index in [-0.39, 0.29) is 11.9 Å². The van der Waals surface area contributed by atoms with Crippen molar-refractivity contribution >= 4 is 22.9 Å². The molecule has 1 amide bonds. The Kier molecular flexibility index (Phi) is 4.61. The maximum Gasteiger partial charge on any atom is 0.255 e. The number of carbonyl (C=O) groups is 1. The van der Waals surface area contributed by atoms with Crippen molar-refractivity contribution < 1.29 is 4.79 Å². The quantitative estimate of drug-likeness (QED) is 0.469. The SMILES string of the molecule is CC(NC(=O)c1cn(-c2ccccc2)nc1-c1cccs1)c1nnc2ccccn12. The largest absolute Gasteiger partial charge is 0.342 e. The molecule has 0 aliphatic carbocycles. The minimum Gasteiger partial charge on any atom is -0.342 e. The Morgan fingerprint density at radius 3 is 2.67 bits per heavy atom. The first-order chi connectivity index (χ1) is 14.7. The Hall–Kier alpha value is -3.78. The van der Waals surface area contributed by atoms with Gasteiger partial charge in [0.15, 0.2) is 11.5 Å². The number of nitrogens with one attached hydrogen (secondary N) is 1. The van der Waals surface area contributed by atoms with Crippen molar-refractivity contribution in [3.05, 3.63) is 89.8 Å². The Labute approximate surface area is 176 Å². The Morgan fingerprint density at radius 2 is 1.87 bits per heavy atom. The van der Waals surface area contributed by atoms with Crippen molar-refractivity contribution in [1.29, 1.82) is 0 Å². The normalized spacial score (nSPS) is 12.2. The summed E-state index contributed by atoms with van der Waals surface area (Å²) in [6.45, 7) is 1.90. The number of hydrogen-bond acceptors (Lipinski definition) is 5. The molecule has 5 aromatic rings. The third-order valence-corrected chi connectivity index (χ3v) is 5.69. The van der Waals surface area contributed by atoms with Crippen LogP contribution >= 0.6 is 11.3 Å². The van der Waals surface area contributed by atoms with Crippen molar-refractivity contribution in [3.8, 4) is 16.3 Å². The molecule has 5 rings (SSSR count). The van der Waals surface area contributed by atoms with E-state index in [1.807, 2.05) is 83.6 Å². The lowest BCUT2D eigenvalue weighted by atomic mass is 10.2. The van der Waals surface area contributed by atoms with Crippen LogP contribution in [0.1, 0.15) is 29.1 Å². The maximum absolute atomic E-state index is 13.2. The second-order valence-corrected chi connectivity index (χ2v) is 7.78. The number of hydrogen-bond donors (Lipinski definition) is 1. The number of benzene rings is 1. The van der Waals surface area contributed by atoms with Crippen molar-refractivity contribution in [1.82, 2.24) is 29.7 Å². The zero-order valence-electron chi connectivity index (χ0n) is 16.1. The number of carbonyl (C=O) groups excluding carboxylic acids is 1. The van der Waals surface area contributed by atoms with Crippen LogP contribution in [0.2, 0.25) is 0 Å². The van der Waals surface area contributed by atoms with Crippen molar-refractivity contribution in [3.63, 3.8) is 0 Å². The number of pyridine rings is 1. The second-order valence-electron chi connectivity index (χ2n) is 6.83. The first kappa shape index (κ1) is 18.3. The number of amides is 1. The molecule has 1 N–H and O–H groups in total. The molecule has 8 heteroatoms. The lowest BCUT2D eigenvalue weighted by molar-refractivity contribution is 0.0939. The number of thiophene rings is 1. The smallest absolute Gasteiger partial charge is 0.255 e. The summed E-state index contributed by atoms with van der Waals surface area (Å²) < 4.78 is 3.61. The van der Waals surface area contributed by atoms with Gasteiger partial charge in [0.25, 0.3) is 5.91 Å². The average molecular weight is 414 g/mol. The molecule has 0 aliphatic heterocycles. The molecule has 1 aromatic carbocycles. The van der Waals surface area contributed by atoms with Crippen LogP contribution in [-0.4, -0.2) is 30.3 Å². The van der Waals surface area contributed by atoms with Gasteiger partial charge in [0, 0.05) is 12.4 Å². The molecule has 148 valence electrons. The van der Waals surface area contributed by atoms with E-state index in [2.05, 4.69) is 15.5 Å².